The molecular formula is C17H12Cl5NO2. The average Bonchev–Trinajstić information content (AvgIpc) is 2.54. The summed E-state index contributed by atoms with van der Waals surface area (Å²) in [5.74, 6) is -0.278. The van der Waals surface area contributed by atoms with E-state index < -0.39 is 15.9 Å². The molecule has 0 saturated carbocycles. The molecule has 1 unspecified atom stereocenters. The molecule has 0 aliphatic heterocycles. The zero-order chi connectivity index (χ0) is 18.4. The molecule has 2 rings (SSSR count). The molecule has 3 nitrogen and oxygen atoms in total. The third kappa shape index (κ3) is 6.61. The molecule has 0 heterocycles. The van der Waals surface area contributed by atoms with Crippen LogP contribution in [-0.2, 0) is 4.79 Å². The smallest absolute Gasteiger partial charge is 0.246 e. The standard InChI is InChI=1S/C17H12Cl5NO2/c18-12-7-8-14(13(19)10-12)25-16(17(20,21)22)23-15(24)9-6-11-4-2-1-3-5-11/h1-10,16H,(H,23,24). The number of nitrogens with one attached hydrogen (secondary N) is 1. The molecule has 1 amide bonds. The molecule has 1 N–H and O–H groups in total. The van der Waals surface area contributed by atoms with E-state index in [1.807, 2.05) is 30.3 Å². The van der Waals surface area contributed by atoms with Gasteiger partial charge in [-0.3, -0.25) is 4.79 Å². The van der Waals surface area contributed by atoms with Gasteiger partial charge in [-0.2, -0.15) is 0 Å². The van der Waals surface area contributed by atoms with Crippen LogP contribution < -0.4 is 10.1 Å². The number of halogens is 5. The predicted octanol–water partition coefficient (Wildman–Crippen LogP) is 5.90. The monoisotopic (exact) mass is 437 g/mol. The molecule has 0 aromatic heterocycles. The van der Waals surface area contributed by atoms with Gasteiger partial charge in [0.15, 0.2) is 0 Å². The second-order valence-corrected chi connectivity index (χ2v) is 8.08. The maximum absolute atomic E-state index is 12.1. The van der Waals surface area contributed by atoms with Crippen LogP contribution in [0.1, 0.15) is 5.56 Å². The number of rotatable bonds is 5. The normalized spacial score (nSPS) is 12.8. The summed E-state index contributed by atoms with van der Waals surface area (Å²) in [5.41, 5.74) is 0.852. The van der Waals surface area contributed by atoms with Gasteiger partial charge in [-0.15, -0.1) is 0 Å². The van der Waals surface area contributed by atoms with Crippen molar-refractivity contribution in [1.82, 2.24) is 5.32 Å². The van der Waals surface area contributed by atoms with Crippen LogP contribution in [0.4, 0.5) is 0 Å². The van der Waals surface area contributed by atoms with Crippen LogP contribution in [0.25, 0.3) is 6.08 Å². The molecule has 2 aromatic carbocycles. The van der Waals surface area contributed by atoms with Gasteiger partial charge < -0.3 is 10.1 Å². The Morgan fingerprint density at radius 1 is 1.08 bits per heavy atom. The van der Waals surface area contributed by atoms with Gasteiger partial charge in [-0.05, 0) is 29.8 Å². The fourth-order valence-electron chi connectivity index (χ4n) is 1.79. The summed E-state index contributed by atoms with van der Waals surface area (Å²) >= 11 is 29.5. The minimum atomic E-state index is -1.92. The fourth-order valence-corrected chi connectivity index (χ4v) is 2.54. The quantitative estimate of drug-likeness (QED) is 0.358. The Hall–Kier alpha value is -1.10. The van der Waals surface area contributed by atoms with Gasteiger partial charge in [0.2, 0.25) is 15.9 Å². The Morgan fingerprint density at radius 2 is 1.76 bits per heavy atom. The lowest BCUT2D eigenvalue weighted by Crippen LogP contribution is -2.47. The SMILES string of the molecule is O=C(C=Cc1ccccc1)NC(Oc1ccc(Cl)cc1Cl)C(Cl)(Cl)Cl. The third-order valence-corrected chi connectivity index (χ3v) is 4.06. The van der Waals surface area contributed by atoms with E-state index >= 15 is 0 Å². The Kier molecular flexibility index (Phi) is 7.29. The van der Waals surface area contributed by atoms with Crippen LogP contribution in [-0.4, -0.2) is 15.9 Å². The fraction of sp³-hybridized carbons (Fsp3) is 0.118. The molecule has 132 valence electrons. The van der Waals surface area contributed by atoms with Crippen LogP contribution in [0.2, 0.25) is 10.0 Å². The van der Waals surface area contributed by atoms with E-state index in [4.69, 9.17) is 62.7 Å². The molecule has 0 spiro atoms. The molecular weight excluding hydrogens is 427 g/mol. The van der Waals surface area contributed by atoms with E-state index in [9.17, 15) is 4.79 Å². The molecule has 8 heteroatoms. The second kappa shape index (κ2) is 9.02. The first-order valence-electron chi connectivity index (χ1n) is 6.98. The van der Waals surface area contributed by atoms with Crippen molar-refractivity contribution in [2.24, 2.45) is 0 Å². The van der Waals surface area contributed by atoms with E-state index in [2.05, 4.69) is 5.32 Å². The Morgan fingerprint density at radius 3 is 2.36 bits per heavy atom. The molecule has 2 aromatic rings. The maximum Gasteiger partial charge on any atom is 0.246 e. The highest BCUT2D eigenvalue weighted by atomic mass is 35.6. The summed E-state index contributed by atoms with van der Waals surface area (Å²) in [4.78, 5) is 12.1. The third-order valence-electron chi connectivity index (χ3n) is 2.94. The molecule has 0 aliphatic carbocycles. The minimum absolute atomic E-state index is 0.217. The largest absolute Gasteiger partial charge is 0.464 e. The summed E-state index contributed by atoms with van der Waals surface area (Å²) in [6.45, 7) is 0. The van der Waals surface area contributed by atoms with Crippen molar-refractivity contribution in [3.8, 4) is 5.75 Å². The number of ether oxygens (including phenoxy) is 1. The van der Waals surface area contributed by atoms with Crippen molar-refractivity contribution < 1.29 is 9.53 Å². The highest BCUT2D eigenvalue weighted by Gasteiger charge is 2.36. The van der Waals surface area contributed by atoms with E-state index in [-0.39, 0.29) is 10.8 Å². The van der Waals surface area contributed by atoms with Crippen LogP contribution in [0, 0.1) is 0 Å². The Bertz CT molecular complexity index is 759. The molecule has 1 atom stereocenters. The Labute approximate surface area is 170 Å². The zero-order valence-electron chi connectivity index (χ0n) is 12.6. The first kappa shape index (κ1) is 20.2. The summed E-state index contributed by atoms with van der Waals surface area (Å²) in [7, 11) is 0. The maximum atomic E-state index is 12.1. The summed E-state index contributed by atoms with van der Waals surface area (Å²) < 4.78 is 3.62. The summed E-state index contributed by atoms with van der Waals surface area (Å²) in [5, 5.41) is 3.13. The first-order chi connectivity index (χ1) is 11.8. The number of hydrogen-bond donors (Lipinski definition) is 1. The Balaban J connectivity index is 2.10. The number of hydrogen-bond acceptors (Lipinski definition) is 2. The second-order valence-electron chi connectivity index (χ2n) is 4.87. The number of alkyl halides is 3. The van der Waals surface area contributed by atoms with E-state index in [0.29, 0.717) is 5.02 Å². The van der Waals surface area contributed by atoms with Crippen molar-refractivity contribution in [3.63, 3.8) is 0 Å². The highest BCUT2D eigenvalue weighted by Crippen LogP contribution is 2.35. The van der Waals surface area contributed by atoms with Crippen LogP contribution in [0.5, 0.6) is 5.75 Å². The van der Waals surface area contributed by atoms with Gasteiger partial charge in [-0.25, -0.2) is 0 Å². The summed E-state index contributed by atoms with van der Waals surface area (Å²) in [6, 6.07) is 13.8. The van der Waals surface area contributed by atoms with E-state index in [0.717, 1.165) is 5.56 Å². The average molecular weight is 440 g/mol. The van der Waals surface area contributed by atoms with E-state index in [1.165, 1.54) is 18.2 Å². The number of carbonyl (C=O) groups is 1. The van der Waals surface area contributed by atoms with Gasteiger partial charge in [0, 0.05) is 11.1 Å². The van der Waals surface area contributed by atoms with Gasteiger partial charge in [0.1, 0.15) is 5.75 Å². The lowest BCUT2D eigenvalue weighted by molar-refractivity contribution is -0.118. The highest BCUT2D eigenvalue weighted by molar-refractivity contribution is 6.68. The van der Waals surface area contributed by atoms with Crippen molar-refractivity contribution in [2.75, 3.05) is 0 Å². The van der Waals surface area contributed by atoms with Gasteiger partial charge in [0.05, 0.1) is 5.02 Å². The molecule has 0 radical (unpaired) electrons. The van der Waals surface area contributed by atoms with Crippen molar-refractivity contribution in [3.05, 3.63) is 70.2 Å². The van der Waals surface area contributed by atoms with Gasteiger partial charge in [0.25, 0.3) is 0 Å². The van der Waals surface area contributed by atoms with Crippen molar-refractivity contribution >= 4 is 70.0 Å². The summed E-state index contributed by atoms with van der Waals surface area (Å²) in [6.07, 6.45) is 1.68. The topological polar surface area (TPSA) is 38.3 Å². The zero-order valence-corrected chi connectivity index (χ0v) is 16.3. The minimum Gasteiger partial charge on any atom is -0.464 e. The van der Waals surface area contributed by atoms with Crippen molar-refractivity contribution in [2.45, 2.75) is 10.0 Å². The molecule has 25 heavy (non-hydrogen) atoms. The molecule has 0 fully saturated rings. The molecule has 0 saturated heterocycles. The predicted molar refractivity (Wildman–Crippen MR) is 105 cm³/mol. The molecule has 0 aliphatic rings. The van der Waals surface area contributed by atoms with E-state index in [1.54, 1.807) is 12.1 Å². The first-order valence-corrected chi connectivity index (χ1v) is 8.87. The number of amides is 1. The number of benzene rings is 2. The van der Waals surface area contributed by atoms with Crippen LogP contribution in [0.3, 0.4) is 0 Å². The van der Waals surface area contributed by atoms with Gasteiger partial charge >= 0.3 is 0 Å². The lowest BCUT2D eigenvalue weighted by atomic mass is 10.2. The van der Waals surface area contributed by atoms with Gasteiger partial charge in [-0.1, -0.05) is 88.3 Å². The lowest BCUT2D eigenvalue weighted by Gasteiger charge is -2.26. The van der Waals surface area contributed by atoms with Crippen LogP contribution in [0.15, 0.2) is 54.6 Å². The van der Waals surface area contributed by atoms with Crippen molar-refractivity contribution in [1.29, 1.82) is 0 Å². The van der Waals surface area contributed by atoms with Crippen LogP contribution >= 0.6 is 58.0 Å². The molecule has 0 bridgehead atoms. The number of carbonyl (C=O) groups excluding carboxylic acids is 1.